The van der Waals surface area contributed by atoms with Gasteiger partial charge < -0.3 is 13.3 Å². The Morgan fingerprint density at radius 1 is 0.933 bits per heavy atom. The van der Waals surface area contributed by atoms with Crippen LogP contribution in [0, 0.1) is 0 Å². The molecule has 0 aromatic heterocycles. The lowest BCUT2D eigenvalue weighted by Crippen LogP contribution is -2.65. The lowest BCUT2D eigenvalue weighted by molar-refractivity contribution is 0.0909. The minimum Gasteiger partial charge on any atom is -0.377 e. The van der Waals surface area contributed by atoms with E-state index in [2.05, 4.69) is 19.7 Å². The Bertz CT molecular complexity index is 178. The average Bonchev–Trinajstić information content (AvgIpc) is 2.18. The van der Waals surface area contributed by atoms with Gasteiger partial charge in [-0.3, -0.25) is 0 Å². The Morgan fingerprint density at radius 2 is 1.27 bits per heavy atom. The zero-order valence-electron chi connectivity index (χ0n) is 10.6. The van der Waals surface area contributed by atoms with Crippen molar-refractivity contribution in [3.05, 3.63) is 12.3 Å². The SMILES string of the molecule is C=C[Si](C)(C)[Si](OCC)(OCC)OCC. The van der Waals surface area contributed by atoms with Gasteiger partial charge in [-0.1, -0.05) is 18.8 Å². The summed E-state index contributed by atoms with van der Waals surface area (Å²) in [5, 5.41) is 0. The van der Waals surface area contributed by atoms with E-state index >= 15 is 0 Å². The van der Waals surface area contributed by atoms with Crippen LogP contribution in [0.15, 0.2) is 12.3 Å². The highest BCUT2D eigenvalue weighted by Gasteiger charge is 2.54. The van der Waals surface area contributed by atoms with E-state index in [9.17, 15) is 0 Å². The average molecular weight is 248 g/mol. The second-order valence-corrected chi connectivity index (χ2v) is 15.3. The molecule has 3 nitrogen and oxygen atoms in total. The molecule has 0 N–H and O–H groups in total. The Hall–Kier alpha value is 0.0538. The molecule has 0 aliphatic heterocycles. The molecule has 0 radical (unpaired) electrons. The Kier molecular flexibility index (Phi) is 6.62. The summed E-state index contributed by atoms with van der Waals surface area (Å²) in [5.41, 5.74) is 2.00. The van der Waals surface area contributed by atoms with Crippen LogP contribution in [0.5, 0.6) is 0 Å². The summed E-state index contributed by atoms with van der Waals surface area (Å²) in [7, 11) is -4.29. The fraction of sp³-hybridized carbons (Fsp3) is 0.800. The molecule has 0 aromatic rings. The first-order chi connectivity index (χ1) is 6.99. The van der Waals surface area contributed by atoms with Gasteiger partial charge in [-0.05, 0) is 20.8 Å². The van der Waals surface area contributed by atoms with Gasteiger partial charge in [-0.2, -0.15) is 0 Å². The van der Waals surface area contributed by atoms with Gasteiger partial charge in [0, 0.05) is 19.8 Å². The molecule has 0 unspecified atom stereocenters. The normalized spacial score (nSPS) is 12.9. The van der Waals surface area contributed by atoms with Gasteiger partial charge in [-0.25, -0.2) is 0 Å². The van der Waals surface area contributed by atoms with Gasteiger partial charge in [0.15, 0.2) is 7.59 Å². The van der Waals surface area contributed by atoms with Crippen molar-refractivity contribution in [3.63, 3.8) is 0 Å². The number of hydrogen-bond donors (Lipinski definition) is 0. The van der Waals surface area contributed by atoms with Gasteiger partial charge >= 0.3 is 8.32 Å². The van der Waals surface area contributed by atoms with E-state index in [1.54, 1.807) is 0 Å². The highest BCUT2D eigenvalue weighted by atomic mass is 29.3. The summed E-state index contributed by atoms with van der Waals surface area (Å²) < 4.78 is 17.6. The largest absolute Gasteiger partial charge is 0.474 e. The fourth-order valence-corrected chi connectivity index (χ4v) is 9.53. The quantitative estimate of drug-likeness (QED) is 0.618. The van der Waals surface area contributed by atoms with Crippen LogP contribution >= 0.6 is 0 Å². The molecule has 90 valence electrons. The molecule has 0 rings (SSSR count). The van der Waals surface area contributed by atoms with Crippen LogP contribution in [-0.4, -0.2) is 35.7 Å². The van der Waals surface area contributed by atoms with Gasteiger partial charge in [0.2, 0.25) is 0 Å². The second kappa shape index (κ2) is 6.60. The topological polar surface area (TPSA) is 27.7 Å². The molecule has 0 heterocycles. The van der Waals surface area contributed by atoms with Crippen LogP contribution in [0.25, 0.3) is 0 Å². The third-order valence-electron chi connectivity index (χ3n) is 2.30. The summed E-state index contributed by atoms with van der Waals surface area (Å²) >= 11 is 0. The van der Waals surface area contributed by atoms with Gasteiger partial charge in [0.25, 0.3) is 0 Å². The molecular formula is C10H24O3Si2. The highest BCUT2D eigenvalue weighted by Crippen LogP contribution is 2.24. The zero-order chi connectivity index (χ0) is 11.9. The van der Waals surface area contributed by atoms with Crippen molar-refractivity contribution in [2.45, 2.75) is 33.9 Å². The third-order valence-corrected chi connectivity index (χ3v) is 13.6. The van der Waals surface area contributed by atoms with Crippen LogP contribution in [0.1, 0.15) is 20.8 Å². The standard InChI is InChI=1S/C10H24O3Si2/c1-7-11-15(12-8-2,13-9-3)14(5,6)10-4/h10H,4,7-9H2,1-3,5-6H3. The maximum atomic E-state index is 5.85. The molecule has 0 aliphatic rings. The highest BCUT2D eigenvalue weighted by molar-refractivity contribution is 7.36. The van der Waals surface area contributed by atoms with E-state index in [-0.39, 0.29) is 0 Å². The van der Waals surface area contributed by atoms with Crippen LogP contribution in [-0.2, 0) is 13.3 Å². The monoisotopic (exact) mass is 248 g/mol. The molecule has 0 saturated heterocycles. The van der Waals surface area contributed by atoms with Crippen molar-refractivity contribution < 1.29 is 13.3 Å². The van der Waals surface area contributed by atoms with Gasteiger partial charge in [-0.15, -0.1) is 6.58 Å². The first-order valence-electron chi connectivity index (χ1n) is 5.55. The van der Waals surface area contributed by atoms with E-state index in [4.69, 9.17) is 13.3 Å². The van der Waals surface area contributed by atoms with Crippen LogP contribution in [0.2, 0.25) is 13.1 Å². The lowest BCUT2D eigenvalue weighted by Gasteiger charge is -2.37. The number of hydrogen-bond acceptors (Lipinski definition) is 3. The maximum Gasteiger partial charge on any atom is 0.474 e. The molecule has 15 heavy (non-hydrogen) atoms. The molecule has 0 spiro atoms. The minimum atomic E-state index is -2.50. The number of rotatable bonds is 8. The fourth-order valence-electron chi connectivity index (χ4n) is 1.38. The third kappa shape index (κ3) is 3.53. The molecule has 0 saturated carbocycles. The van der Waals surface area contributed by atoms with Crippen LogP contribution < -0.4 is 0 Å². The van der Waals surface area contributed by atoms with Crippen LogP contribution in [0.4, 0.5) is 0 Å². The summed E-state index contributed by atoms with van der Waals surface area (Å²) in [5.74, 6) is 0. The molecule has 5 heteroatoms. The lowest BCUT2D eigenvalue weighted by atomic mass is 10.9. The van der Waals surface area contributed by atoms with Crippen molar-refractivity contribution >= 4 is 15.9 Å². The molecule has 0 aromatic carbocycles. The molecule has 0 aliphatic carbocycles. The molecule has 0 fully saturated rings. The van der Waals surface area contributed by atoms with Crippen molar-refractivity contribution in [2.75, 3.05) is 19.8 Å². The summed E-state index contributed by atoms with van der Waals surface area (Å²) in [6.45, 7) is 16.1. The Labute approximate surface area is 95.6 Å². The Balaban J connectivity index is 4.99. The first-order valence-corrected chi connectivity index (χ1v) is 11.3. The van der Waals surface area contributed by atoms with E-state index in [1.165, 1.54) is 0 Å². The predicted octanol–water partition coefficient (Wildman–Crippen LogP) is 2.55. The van der Waals surface area contributed by atoms with E-state index < -0.39 is 15.9 Å². The molecule has 0 atom stereocenters. The van der Waals surface area contributed by atoms with Crippen LogP contribution in [0.3, 0.4) is 0 Å². The van der Waals surface area contributed by atoms with Crippen molar-refractivity contribution in [3.8, 4) is 0 Å². The van der Waals surface area contributed by atoms with E-state index in [0.29, 0.717) is 19.8 Å². The minimum absolute atomic E-state index is 0.635. The molecule has 0 amide bonds. The van der Waals surface area contributed by atoms with Crippen molar-refractivity contribution in [2.24, 2.45) is 0 Å². The van der Waals surface area contributed by atoms with Gasteiger partial charge in [0.05, 0.1) is 0 Å². The maximum absolute atomic E-state index is 5.85. The zero-order valence-corrected chi connectivity index (χ0v) is 12.6. The Morgan fingerprint density at radius 3 is 1.47 bits per heavy atom. The van der Waals surface area contributed by atoms with Crippen molar-refractivity contribution in [1.29, 1.82) is 0 Å². The smallest absolute Gasteiger partial charge is 0.377 e. The molecule has 0 bridgehead atoms. The van der Waals surface area contributed by atoms with Gasteiger partial charge in [0.1, 0.15) is 0 Å². The van der Waals surface area contributed by atoms with E-state index in [0.717, 1.165) is 0 Å². The summed E-state index contributed by atoms with van der Waals surface area (Å²) in [4.78, 5) is 0. The summed E-state index contributed by atoms with van der Waals surface area (Å²) in [6.07, 6.45) is 0. The summed E-state index contributed by atoms with van der Waals surface area (Å²) in [6, 6.07) is 0. The predicted molar refractivity (Wildman–Crippen MR) is 68.3 cm³/mol. The van der Waals surface area contributed by atoms with E-state index in [1.807, 2.05) is 26.5 Å². The van der Waals surface area contributed by atoms with Crippen molar-refractivity contribution in [1.82, 2.24) is 0 Å². The second-order valence-electron chi connectivity index (χ2n) is 3.78. The molecular weight excluding hydrogens is 224 g/mol. The first kappa shape index (κ1) is 15.1.